The van der Waals surface area contributed by atoms with Gasteiger partial charge in [0, 0.05) is 16.6 Å². The molecule has 0 spiro atoms. The molecule has 1 nitrogen and oxygen atoms in total. The fourth-order valence-electron chi connectivity index (χ4n) is 5.69. The molecule has 0 atom stereocenters. The molecule has 1 aliphatic rings. The van der Waals surface area contributed by atoms with Crippen molar-refractivity contribution in [1.29, 1.82) is 0 Å². The molecule has 0 bridgehead atoms. The standard InChI is InChI=1S/C35H33N/c1-22-14-16-27(18-24(22)3)36(28-17-15-23(2)25(4)19-28)35-21-34-30-11-7-6-10-29(30)26(5)20-33(34)31-12-8-9-13-32(31)35/h6-7,10-21H,8-9H2,1-5H3. The second-order valence-electron chi connectivity index (χ2n) is 10.4. The maximum atomic E-state index is 2.47. The van der Waals surface area contributed by atoms with E-state index in [9.17, 15) is 0 Å². The van der Waals surface area contributed by atoms with Crippen LogP contribution in [0, 0.1) is 34.6 Å². The molecule has 178 valence electrons. The molecule has 0 amide bonds. The van der Waals surface area contributed by atoms with Gasteiger partial charge in [0.05, 0.1) is 5.69 Å². The molecule has 0 radical (unpaired) electrons. The molecule has 0 saturated heterocycles. The molecule has 5 aromatic carbocycles. The van der Waals surface area contributed by atoms with Gasteiger partial charge in [-0.2, -0.15) is 0 Å². The van der Waals surface area contributed by atoms with E-state index in [0.717, 1.165) is 12.8 Å². The van der Waals surface area contributed by atoms with E-state index in [-0.39, 0.29) is 0 Å². The lowest BCUT2D eigenvalue weighted by Crippen LogP contribution is -2.33. The minimum Gasteiger partial charge on any atom is -0.310 e. The normalized spacial score (nSPS) is 12.8. The number of nitrogens with zero attached hydrogens (tertiary/aromatic N) is 1. The predicted octanol–water partition coefficient (Wildman–Crippen LogP) is 8.36. The van der Waals surface area contributed by atoms with Gasteiger partial charge in [-0.15, -0.1) is 0 Å². The summed E-state index contributed by atoms with van der Waals surface area (Å²) < 4.78 is 0. The Morgan fingerprint density at radius 3 is 1.67 bits per heavy atom. The molecule has 0 saturated carbocycles. The molecule has 5 aromatic rings. The SMILES string of the molecule is Cc1ccc(N(c2ccc(C)c(C)c2)c2cc3c(cc(C)c4ccccc43)c3c2=CCCC=3)cc1C. The Morgan fingerprint density at radius 2 is 1.06 bits per heavy atom. The number of rotatable bonds is 3. The van der Waals surface area contributed by atoms with Crippen molar-refractivity contribution in [3.8, 4) is 0 Å². The van der Waals surface area contributed by atoms with E-state index in [4.69, 9.17) is 0 Å². The molecule has 1 aliphatic carbocycles. The topological polar surface area (TPSA) is 3.24 Å². The molecular weight excluding hydrogens is 434 g/mol. The highest BCUT2D eigenvalue weighted by molar-refractivity contribution is 6.10. The zero-order chi connectivity index (χ0) is 25.0. The number of fused-ring (bicyclic) bond motifs is 5. The van der Waals surface area contributed by atoms with Crippen molar-refractivity contribution in [2.75, 3.05) is 4.90 Å². The van der Waals surface area contributed by atoms with Crippen LogP contribution in [0.5, 0.6) is 0 Å². The smallest absolute Gasteiger partial charge is 0.0543 e. The van der Waals surface area contributed by atoms with Crippen LogP contribution in [-0.4, -0.2) is 0 Å². The van der Waals surface area contributed by atoms with Crippen LogP contribution in [0.4, 0.5) is 17.1 Å². The van der Waals surface area contributed by atoms with E-state index in [1.807, 2.05) is 0 Å². The maximum Gasteiger partial charge on any atom is 0.0543 e. The van der Waals surface area contributed by atoms with Gasteiger partial charge in [0.2, 0.25) is 0 Å². The first-order valence-electron chi connectivity index (χ1n) is 13.0. The van der Waals surface area contributed by atoms with Gasteiger partial charge in [-0.3, -0.25) is 0 Å². The molecule has 0 aromatic heterocycles. The van der Waals surface area contributed by atoms with Crippen LogP contribution in [0.1, 0.15) is 40.7 Å². The molecule has 1 heteroatoms. The summed E-state index contributed by atoms with van der Waals surface area (Å²) in [6.45, 7) is 11.0. The van der Waals surface area contributed by atoms with Gasteiger partial charge in [0.1, 0.15) is 0 Å². The molecule has 0 fully saturated rings. The van der Waals surface area contributed by atoms with Crippen molar-refractivity contribution in [2.24, 2.45) is 0 Å². The molecule has 0 aliphatic heterocycles. The summed E-state index contributed by atoms with van der Waals surface area (Å²) in [4.78, 5) is 2.47. The van der Waals surface area contributed by atoms with Gasteiger partial charge in [-0.1, -0.05) is 54.6 Å². The summed E-state index contributed by atoms with van der Waals surface area (Å²) in [6.07, 6.45) is 7.06. The van der Waals surface area contributed by atoms with Crippen LogP contribution in [0.25, 0.3) is 33.7 Å². The van der Waals surface area contributed by atoms with Crippen LogP contribution in [0.2, 0.25) is 0 Å². The lowest BCUT2D eigenvalue weighted by atomic mass is 9.92. The number of hydrogen-bond donors (Lipinski definition) is 0. The second-order valence-corrected chi connectivity index (χ2v) is 10.4. The van der Waals surface area contributed by atoms with Crippen LogP contribution in [0.3, 0.4) is 0 Å². The second kappa shape index (κ2) is 8.68. The van der Waals surface area contributed by atoms with Gasteiger partial charge >= 0.3 is 0 Å². The van der Waals surface area contributed by atoms with Gasteiger partial charge in [-0.05, 0) is 132 Å². The van der Waals surface area contributed by atoms with Crippen LogP contribution < -0.4 is 15.3 Å². The number of benzene rings is 5. The average molecular weight is 468 g/mol. The van der Waals surface area contributed by atoms with E-state index in [1.54, 1.807) is 0 Å². The van der Waals surface area contributed by atoms with Crippen molar-refractivity contribution in [1.82, 2.24) is 0 Å². The summed E-state index contributed by atoms with van der Waals surface area (Å²) in [5.41, 5.74) is 10.3. The van der Waals surface area contributed by atoms with Crippen molar-refractivity contribution in [3.63, 3.8) is 0 Å². The lowest BCUT2D eigenvalue weighted by Gasteiger charge is -2.29. The summed E-state index contributed by atoms with van der Waals surface area (Å²) in [5, 5.41) is 8.07. The number of aryl methyl sites for hydroxylation is 5. The Hall–Kier alpha value is -3.84. The van der Waals surface area contributed by atoms with Crippen LogP contribution >= 0.6 is 0 Å². The van der Waals surface area contributed by atoms with E-state index in [0.29, 0.717) is 0 Å². The largest absolute Gasteiger partial charge is 0.310 e. The third-order valence-corrected chi connectivity index (χ3v) is 8.03. The number of anilines is 3. The Morgan fingerprint density at radius 1 is 0.472 bits per heavy atom. The Labute approximate surface area is 214 Å². The molecule has 36 heavy (non-hydrogen) atoms. The summed E-state index contributed by atoms with van der Waals surface area (Å²) in [6, 6.07) is 27.4. The van der Waals surface area contributed by atoms with E-state index in [2.05, 4.69) is 124 Å². The lowest BCUT2D eigenvalue weighted by molar-refractivity contribution is 1.11. The Balaban J connectivity index is 1.76. The van der Waals surface area contributed by atoms with Gasteiger partial charge in [0.15, 0.2) is 0 Å². The van der Waals surface area contributed by atoms with E-state index < -0.39 is 0 Å². The third kappa shape index (κ3) is 3.62. The van der Waals surface area contributed by atoms with E-state index >= 15 is 0 Å². The van der Waals surface area contributed by atoms with Crippen molar-refractivity contribution >= 4 is 50.8 Å². The maximum absolute atomic E-state index is 2.47. The first-order valence-corrected chi connectivity index (χ1v) is 13.0. The van der Waals surface area contributed by atoms with Crippen molar-refractivity contribution in [2.45, 2.75) is 47.5 Å². The summed E-state index contributed by atoms with van der Waals surface area (Å²) in [7, 11) is 0. The summed E-state index contributed by atoms with van der Waals surface area (Å²) >= 11 is 0. The fraction of sp³-hybridized carbons (Fsp3) is 0.200. The van der Waals surface area contributed by atoms with Crippen molar-refractivity contribution in [3.05, 3.63) is 111 Å². The molecule has 0 heterocycles. The third-order valence-electron chi connectivity index (χ3n) is 8.03. The zero-order valence-electron chi connectivity index (χ0n) is 21.9. The first kappa shape index (κ1) is 22.6. The van der Waals surface area contributed by atoms with Crippen molar-refractivity contribution < 1.29 is 0 Å². The van der Waals surface area contributed by atoms with Gasteiger partial charge < -0.3 is 4.90 Å². The minimum atomic E-state index is 1.08. The van der Waals surface area contributed by atoms with Crippen LogP contribution in [0.15, 0.2) is 72.8 Å². The van der Waals surface area contributed by atoms with E-state index in [1.165, 1.54) is 76.9 Å². The predicted molar refractivity (Wildman–Crippen MR) is 157 cm³/mol. The highest BCUT2D eigenvalue weighted by Crippen LogP contribution is 2.37. The molecule has 6 rings (SSSR count). The monoisotopic (exact) mass is 467 g/mol. The average Bonchev–Trinajstić information content (AvgIpc) is 2.89. The highest BCUT2D eigenvalue weighted by atomic mass is 15.1. The zero-order valence-corrected chi connectivity index (χ0v) is 21.9. The highest BCUT2D eigenvalue weighted by Gasteiger charge is 2.19. The minimum absolute atomic E-state index is 1.08. The quantitative estimate of drug-likeness (QED) is 0.241. The molecule has 0 N–H and O–H groups in total. The first-order chi connectivity index (χ1) is 17.4. The van der Waals surface area contributed by atoms with Gasteiger partial charge in [-0.25, -0.2) is 0 Å². The number of hydrogen-bond acceptors (Lipinski definition) is 1. The van der Waals surface area contributed by atoms with Gasteiger partial charge in [0.25, 0.3) is 0 Å². The molecular formula is C35H33N. The Kier molecular flexibility index (Phi) is 5.45. The molecule has 0 unspecified atom stereocenters. The Bertz CT molecular complexity index is 1740. The summed E-state index contributed by atoms with van der Waals surface area (Å²) in [5.74, 6) is 0. The van der Waals surface area contributed by atoms with Crippen LogP contribution in [-0.2, 0) is 0 Å². The fourth-order valence-corrected chi connectivity index (χ4v) is 5.69.